The number of aromatic nitrogens is 2. The van der Waals surface area contributed by atoms with Gasteiger partial charge in [0.15, 0.2) is 11.6 Å². The number of anilines is 5. The van der Waals surface area contributed by atoms with Gasteiger partial charge in [-0.3, -0.25) is 23.1 Å². The maximum Gasteiger partial charge on any atom is 0.238 e. The molecule has 3 heterocycles. The van der Waals surface area contributed by atoms with E-state index in [0.717, 1.165) is 30.5 Å². The molecule has 0 bridgehead atoms. The van der Waals surface area contributed by atoms with Gasteiger partial charge in [0.2, 0.25) is 5.91 Å². The zero-order valence-corrected chi connectivity index (χ0v) is 25.8. The van der Waals surface area contributed by atoms with Crippen LogP contribution in [0.5, 0.6) is 5.75 Å². The number of rotatable bonds is 10. The second-order valence-electron chi connectivity index (χ2n) is 10.9. The summed E-state index contributed by atoms with van der Waals surface area (Å²) in [4.78, 5) is 26.9. The van der Waals surface area contributed by atoms with Gasteiger partial charge in [-0.25, -0.2) is 9.97 Å². The van der Waals surface area contributed by atoms with Crippen molar-refractivity contribution in [2.24, 2.45) is 0 Å². The van der Waals surface area contributed by atoms with Crippen LogP contribution in [0.25, 0.3) is 11.0 Å². The molecular weight excluding hydrogens is 602 g/mol. The predicted molar refractivity (Wildman–Crippen MR) is 173 cm³/mol. The molecule has 3 aromatic carbocycles. The second-order valence-corrected chi connectivity index (χ2v) is 12.1. The number of piperidine rings is 1. The molecule has 0 radical (unpaired) electrons. The Labute approximate surface area is 263 Å². The van der Waals surface area contributed by atoms with E-state index in [1.165, 1.54) is 26.4 Å². The maximum atomic E-state index is 12.9. The SMILES string of the molecule is COc1ccc(Cl)c(Nc2nc3ccccc3nc2N(c2cccc(NC(=O)CN3CC(N4CCCCC4)C3)c2)S(=O)[O-])c1. The molecule has 0 saturated carbocycles. The van der Waals surface area contributed by atoms with Gasteiger partial charge in [-0.05, 0) is 68.4 Å². The van der Waals surface area contributed by atoms with Gasteiger partial charge in [-0.15, -0.1) is 0 Å². The largest absolute Gasteiger partial charge is 0.755 e. The summed E-state index contributed by atoms with van der Waals surface area (Å²) in [6.07, 6.45) is 3.79. The fourth-order valence-corrected chi connectivity index (χ4v) is 6.37. The van der Waals surface area contributed by atoms with Crippen LogP contribution in [0.2, 0.25) is 5.02 Å². The van der Waals surface area contributed by atoms with Gasteiger partial charge in [-0.2, -0.15) is 0 Å². The molecule has 1 unspecified atom stereocenters. The monoisotopic (exact) mass is 634 g/mol. The van der Waals surface area contributed by atoms with Crippen LogP contribution in [0.3, 0.4) is 0 Å². The molecule has 6 rings (SSSR count). The highest BCUT2D eigenvalue weighted by molar-refractivity contribution is 7.81. The summed E-state index contributed by atoms with van der Waals surface area (Å²) >= 11 is 3.65. The summed E-state index contributed by atoms with van der Waals surface area (Å²) in [5.41, 5.74) is 2.26. The second kappa shape index (κ2) is 13.4. The third kappa shape index (κ3) is 6.79. The van der Waals surface area contributed by atoms with Crippen LogP contribution in [0.4, 0.5) is 28.7 Å². The van der Waals surface area contributed by atoms with E-state index in [0.29, 0.717) is 39.2 Å². The van der Waals surface area contributed by atoms with Crippen LogP contribution in [-0.2, 0) is 16.1 Å². The average Bonchev–Trinajstić information content (AvgIpc) is 3.00. The quantitative estimate of drug-likeness (QED) is 0.230. The van der Waals surface area contributed by atoms with E-state index in [4.69, 9.17) is 16.3 Å². The number of carbonyl (C=O) groups excluding carboxylic acids is 1. The highest BCUT2D eigenvalue weighted by Gasteiger charge is 2.33. The van der Waals surface area contributed by atoms with Gasteiger partial charge in [-0.1, -0.05) is 36.2 Å². The molecule has 2 saturated heterocycles. The van der Waals surface area contributed by atoms with Crippen molar-refractivity contribution in [3.63, 3.8) is 0 Å². The number of nitrogens with one attached hydrogen (secondary N) is 2. The van der Waals surface area contributed by atoms with E-state index < -0.39 is 11.3 Å². The number of carbonyl (C=O) groups is 1. The lowest BCUT2D eigenvalue weighted by atomic mass is 10.0. The molecule has 1 amide bonds. The molecule has 230 valence electrons. The molecule has 2 aliphatic rings. The Kier molecular flexibility index (Phi) is 9.24. The minimum Gasteiger partial charge on any atom is -0.755 e. The lowest BCUT2D eigenvalue weighted by Crippen LogP contribution is -2.61. The van der Waals surface area contributed by atoms with Crippen LogP contribution in [0.1, 0.15) is 19.3 Å². The van der Waals surface area contributed by atoms with Crippen molar-refractivity contribution in [2.45, 2.75) is 25.3 Å². The van der Waals surface area contributed by atoms with Crippen molar-refractivity contribution < 1.29 is 18.3 Å². The molecule has 44 heavy (non-hydrogen) atoms. The lowest BCUT2D eigenvalue weighted by Gasteiger charge is -2.46. The van der Waals surface area contributed by atoms with Crippen molar-refractivity contribution in [2.75, 3.05) is 54.8 Å². The lowest BCUT2D eigenvalue weighted by molar-refractivity contribution is -0.119. The van der Waals surface area contributed by atoms with Gasteiger partial charge in [0.05, 0.1) is 52.4 Å². The summed E-state index contributed by atoms with van der Waals surface area (Å²) in [7, 11) is 1.54. The fraction of sp³-hybridized carbons (Fsp3) is 0.323. The summed E-state index contributed by atoms with van der Waals surface area (Å²) < 4.78 is 31.9. The molecule has 2 aliphatic heterocycles. The zero-order valence-electron chi connectivity index (χ0n) is 24.2. The Morgan fingerprint density at radius 3 is 2.52 bits per heavy atom. The molecule has 2 fully saturated rings. The highest BCUT2D eigenvalue weighted by Crippen LogP contribution is 2.37. The van der Waals surface area contributed by atoms with E-state index in [-0.39, 0.29) is 29.8 Å². The molecule has 4 aromatic rings. The number of para-hydroxylation sites is 2. The first kappa shape index (κ1) is 30.2. The van der Waals surface area contributed by atoms with Crippen LogP contribution in [0.15, 0.2) is 66.7 Å². The first-order chi connectivity index (χ1) is 21.4. The Morgan fingerprint density at radius 2 is 1.80 bits per heavy atom. The standard InChI is InChI=1S/C31H34ClN7O4S/c1-43-24-12-13-25(32)28(17-24)35-30-31(36-27-11-4-3-10-26(27)34-30)39(44(41)42)22-9-7-8-21(16-22)33-29(40)20-37-18-23(19-37)38-14-5-2-6-15-38/h3-4,7-13,16-17,23H,2,5-6,14-15,18-20H2,1H3,(H,33,40)(H,34,35)(H,41,42)/p-1. The summed E-state index contributed by atoms with van der Waals surface area (Å²) in [6, 6.07) is 19.4. The van der Waals surface area contributed by atoms with Crippen molar-refractivity contribution in [1.82, 2.24) is 19.8 Å². The molecule has 1 aromatic heterocycles. The molecule has 2 N–H and O–H groups in total. The number of fused-ring (bicyclic) bond motifs is 1. The molecule has 0 spiro atoms. The first-order valence-electron chi connectivity index (χ1n) is 14.5. The van der Waals surface area contributed by atoms with Crippen LogP contribution in [0, 0.1) is 0 Å². The van der Waals surface area contributed by atoms with Crippen LogP contribution >= 0.6 is 11.6 Å². The topological polar surface area (TPSA) is 126 Å². The summed E-state index contributed by atoms with van der Waals surface area (Å²) in [5, 5.41) is 6.45. The fourth-order valence-electron chi connectivity index (χ4n) is 5.65. The minimum atomic E-state index is -2.80. The van der Waals surface area contributed by atoms with E-state index in [1.54, 1.807) is 60.7 Å². The third-order valence-electron chi connectivity index (χ3n) is 7.90. The molecule has 0 aliphatic carbocycles. The van der Waals surface area contributed by atoms with Crippen LogP contribution < -0.4 is 19.7 Å². The van der Waals surface area contributed by atoms with Gasteiger partial charge in [0, 0.05) is 30.9 Å². The third-order valence-corrected chi connectivity index (χ3v) is 8.91. The number of hydrogen-bond acceptors (Lipinski definition) is 9. The van der Waals surface area contributed by atoms with Gasteiger partial charge in [0.1, 0.15) is 5.75 Å². The van der Waals surface area contributed by atoms with Crippen molar-refractivity contribution in [1.29, 1.82) is 0 Å². The van der Waals surface area contributed by atoms with Crippen molar-refractivity contribution >= 4 is 68.5 Å². The van der Waals surface area contributed by atoms with E-state index in [2.05, 4.69) is 30.4 Å². The summed E-state index contributed by atoms with van der Waals surface area (Å²) in [5.74, 6) is 0.594. The highest BCUT2D eigenvalue weighted by atomic mass is 35.5. The predicted octanol–water partition coefficient (Wildman–Crippen LogP) is 5.08. The Balaban J connectivity index is 1.24. The Hall–Kier alpha value is -3.81. The number of nitrogens with zero attached hydrogens (tertiary/aromatic N) is 5. The van der Waals surface area contributed by atoms with E-state index >= 15 is 0 Å². The van der Waals surface area contributed by atoms with Crippen molar-refractivity contribution in [3.05, 3.63) is 71.8 Å². The number of amides is 1. The van der Waals surface area contributed by atoms with Gasteiger partial charge in [0.25, 0.3) is 0 Å². The number of methoxy groups -OCH3 is 1. The molecule has 11 nitrogen and oxygen atoms in total. The summed E-state index contributed by atoms with van der Waals surface area (Å²) in [6.45, 7) is 4.31. The number of hydrogen-bond donors (Lipinski definition) is 2. The molecule has 1 atom stereocenters. The van der Waals surface area contributed by atoms with E-state index in [1.807, 2.05) is 6.07 Å². The minimum absolute atomic E-state index is 0.0312. The Morgan fingerprint density at radius 1 is 1.05 bits per heavy atom. The number of likely N-dealkylation sites (tertiary alicyclic amines) is 2. The number of benzene rings is 3. The normalized spacial score (nSPS) is 16.7. The number of halogens is 1. The number of ether oxygens (including phenoxy) is 1. The Bertz CT molecular complexity index is 1680. The average molecular weight is 635 g/mol. The first-order valence-corrected chi connectivity index (χ1v) is 15.9. The van der Waals surface area contributed by atoms with E-state index in [9.17, 15) is 13.6 Å². The van der Waals surface area contributed by atoms with Gasteiger partial charge >= 0.3 is 0 Å². The van der Waals surface area contributed by atoms with Crippen molar-refractivity contribution in [3.8, 4) is 5.75 Å². The molecular formula is C31H33ClN7O4S-. The maximum absolute atomic E-state index is 12.9. The van der Waals surface area contributed by atoms with Gasteiger partial charge < -0.3 is 19.9 Å². The smallest absolute Gasteiger partial charge is 0.238 e. The zero-order chi connectivity index (χ0) is 30.6. The van der Waals surface area contributed by atoms with Crippen LogP contribution in [-0.4, -0.2) is 80.3 Å². The molecule has 13 heteroatoms.